The van der Waals surface area contributed by atoms with Crippen LogP contribution in [0.25, 0.3) is 0 Å². The quantitative estimate of drug-likeness (QED) is 0.247. The molecule has 0 saturated heterocycles. The normalized spacial score (nSPS) is 11.0. The molecule has 4 rings (SSSR count). The minimum Gasteiger partial charge on any atom is -0.352 e. The van der Waals surface area contributed by atoms with Crippen LogP contribution in [0.1, 0.15) is 21.5 Å². The predicted octanol–water partition coefficient (Wildman–Crippen LogP) is 5.56. The molecule has 0 aromatic heterocycles. The molecule has 0 unspecified atom stereocenters. The van der Waals surface area contributed by atoms with Crippen molar-refractivity contribution in [3.05, 3.63) is 124 Å². The predicted molar refractivity (Wildman–Crippen MR) is 157 cm³/mol. The summed E-state index contributed by atoms with van der Waals surface area (Å²) in [4.78, 5) is 26.2. The number of carbonyl (C=O) groups excluding carboxylic acids is 2. The number of aryl methyl sites for hydroxylation is 1. The summed E-state index contributed by atoms with van der Waals surface area (Å²) in [5, 5.41) is 5.61. The van der Waals surface area contributed by atoms with Gasteiger partial charge in [-0.25, -0.2) is 8.42 Å². The summed E-state index contributed by atoms with van der Waals surface area (Å²) in [6.45, 7) is 1.81. The van der Waals surface area contributed by atoms with Gasteiger partial charge >= 0.3 is 0 Å². The summed E-state index contributed by atoms with van der Waals surface area (Å²) in [5.74, 6) is -0.919. The van der Waals surface area contributed by atoms with E-state index in [2.05, 4.69) is 26.6 Å². The van der Waals surface area contributed by atoms with Crippen LogP contribution in [-0.4, -0.2) is 33.3 Å². The van der Waals surface area contributed by atoms with Gasteiger partial charge in [0.05, 0.1) is 21.8 Å². The van der Waals surface area contributed by atoms with Gasteiger partial charge in [-0.3, -0.25) is 13.9 Å². The maximum absolute atomic E-state index is 13.6. The highest BCUT2D eigenvalue weighted by Gasteiger charge is 2.27. The second-order valence-corrected chi connectivity index (χ2v) is 11.7. The van der Waals surface area contributed by atoms with E-state index in [0.717, 1.165) is 19.9 Å². The molecule has 0 aliphatic rings. The molecule has 2 N–H and O–H groups in total. The standard InChI is InChI=1S/C30H28BrN3O4S/c1-22-11-17-26(18-12-22)39(37,38)34(25-15-13-24(31)14-16-25)21-29(35)33-28-10-6-5-9-27(28)30(36)32-20-19-23-7-3-2-4-8-23/h2-18H,19-21H2,1H3,(H,32,36)(H,33,35). The Balaban J connectivity index is 1.52. The number of anilines is 2. The minimum absolute atomic E-state index is 0.0713. The highest BCUT2D eigenvalue weighted by molar-refractivity contribution is 9.10. The zero-order valence-corrected chi connectivity index (χ0v) is 23.7. The number of carbonyl (C=O) groups is 2. The van der Waals surface area contributed by atoms with Crippen LogP contribution in [0.2, 0.25) is 0 Å². The number of para-hydroxylation sites is 1. The summed E-state index contributed by atoms with van der Waals surface area (Å²) in [6, 6.07) is 29.5. The van der Waals surface area contributed by atoms with Crippen molar-refractivity contribution in [2.45, 2.75) is 18.2 Å². The monoisotopic (exact) mass is 605 g/mol. The van der Waals surface area contributed by atoms with Crippen molar-refractivity contribution in [3.63, 3.8) is 0 Å². The molecule has 39 heavy (non-hydrogen) atoms. The molecular formula is C30H28BrN3O4S. The van der Waals surface area contributed by atoms with E-state index in [4.69, 9.17) is 0 Å². The number of sulfonamides is 1. The Kier molecular flexibility index (Phi) is 9.16. The van der Waals surface area contributed by atoms with Crippen LogP contribution in [0.15, 0.2) is 112 Å². The van der Waals surface area contributed by atoms with E-state index in [9.17, 15) is 18.0 Å². The van der Waals surface area contributed by atoms with Crippen molar-refractivity contribution in [2.24, 2.45) is 0 Å². The zero-order chi connectivity index (χ0) is 27.8. The fourth-order valence-electron chi connectivity index (χ4n) is 3.93. The average Bonchev–Trinajstić information content (AvgIpc) is 2.93. The van der Waals surface area contributed by atoms with Crippen LogP contribution in [0.3, 0.4) is 0 Å². The number of benzene rings is 4. The van der Waals surface area contributed by atoms with Gasteiger partial charge in [0, 0.05) is 11.0 Å². The largest absolute Gasteiger partial charge is 0.352 e. The molecule has 200 valence electrons. The first kappa shape index (κ1) is 28.1. The van der Waals surface area contributed by atoms with Gasteiger partial charge in [-0.2, -0.15) is 0 Å². The third-order valence-electron chi connectivity index (χ3n) is 6.00. The lowest BCUT2D eigenvalue weighted by atomic mass is 10.1. The Morgan fingerprint density at radius 2 is 1.46 bits per heavy atom. The lowest BCUT2D eigenvalue weighted by Gasteiger charge is -2.24. The van der Waals surface area contributed by atoms with Crippen molar-refractivity contribution < 1.29 is 18.0 Å². The Labute approximate surface area is 237 Å². The number of nitrogens with zero attached hydrogens (tertiary/aromatic N) is 1. The van der Waals surface area contributed by atoms with E-state index in [1.807, 2.05) is 37.3 Å². The van der Waals surface area contributed by atoms with Gasteiger partial charge in [0.2, 0.25) is 5.91 Å². The third-order valence-corrected chi connectivity index (χ3v) is 8.32. The van der Waals surface area contributed by atoms with Crippen LogP contribution in [0.5, 0.6) is 0 Å². The van der Waals surface area contributed by atoms with Gasteiger partial charge < -0.3 is 10.6 Å². The van der Waals surface area contributed by atoms with Crippen molar-refractivity contribution in [1.82, 2.24) is 5.32 Å². The molecule has 0 fully saturated rings. The van der Waals surface area contributed by atoms with E-state index in [-0.39, 0.29) is 16.4 Å². The van der Waals surface area contributed by atoms with Crippen LogP contribution < -0.4 is 14.9 Å². The molecule has 0 heterocycles. The molecule has 2 amide bonds. The topological polar surface area (TPSA) is 95.6 Å². The van der Waals surface area contributed by atoms with Crippen LogP contribution in [0, 0.1) is 6.92 Å². The molecule has 7 nitrogen and oxygen atoms in total. The number of halogens is 1. The molecule has 0 aliphatic carbocycles. The summed E-state index contributed by atoms with van der Waals surface area (Å²) in [5.41, 5.74) is 2.93. The van der Waals surface area contributed by atoms with Gasteiger partial charge in [0.1, 0.15) is 6.54 Å². The second-order valence-electron chi connectivity index (χ2n) is 8.89. The van der Waals surface area contributed by atoms with Crippen LogP contribution in [0.4, 0.5) is 11.4 Å². The summed E-state index contributed by atoms with van der Waals surface area (Å²) in [6.07, 6.45) is 0.667. The molecule has 4 aromatic carbocycles. The minimum atomic E-state index is -4.06. The van der Waals surface area contributed by atoms with E-state index >= 15 is 0 Å². The van der Waals surface area contributed by atoms with Gasteiger partial charge in [0.15, 0.2) is 0 Å². The molecule has 0 radical (unpaired) electrons. The first-order valence-corrected chi connectivity index (χ1v) is 14.5. The third kappa shape index (κ3) is 7.34. The molecule has 0 atom stereocenters. The lowest BCUT2D eigenvalue weighted by Crippen LogP contribution is -2.38. The molecular weight excluding hydrogens is 578 g/mol. The van der Waals surface area contributed by atoms with Gasteiger partial charge in [0.25, 0.3) is 15.9 Å². The number of hydrogen-bond donors (Lipinski definition) is 2. The molecule has 0 saturated carbocycles. The van der Waals surface area contributed by atoms with Crippen LogP contribution >= 0.6 is 15.9 Å². The smallest absolute Gasteiger partial charge is 0.264 e. The van der Waals surface area contributed by atoms with E-state index in [0.29, 0.717) is 24.3 Å². The Morgan fingerprint density at radius 1 is 0.821 bits per heavy atom. The second kappa shape index (κ2) is 12.7. The zero-order valence-electron chi connectivity index (χ0n) is 21.3. The highest BCUT2D eigenvalue weighted by Crippen LogP contribution is 2.26. The number of amides is 2. The van der Waals surface area contributed by atoms with E-state index in [1.54, 1.807) is 60.7 Å². The summed E-state index contributed by atoms with van der Waals surface area (Å²) >= 11 is 3.36. The number of nitrogens with one attached hydrogen (secondary N) is 2. The van der Waals surface area contributed by atoms with Gasteiger partial charge in [-0.05, 0) is 67.4 Å². The SMILES string of the molecule is Cc1ccc(S(=O)(=O)N(CC(=O)Nc2ccccc2C(=O)NCCc2ccccc2)c2ccc(Br)cc2)cc1. The highest BCUT2D eigenvalue weighted by atomic mass is 79.9. The van der Waals surface area contributed by atoms with Crippen molar-refractivity contribution in [2.75, 3.05) is 22.7 Å². The van der Waals surface area contributed by atoms with Crippen molar-refractivity contribution in [1.29, 1.82) is 0 Å². The van der Waals surface area contributed by atoms with Gasteiger partial charge in [-0.1, -0.05) is 76.1 Å². The molecule has 0 aliphatic heterocycles. The average molecular weight is 607 g/mol. The summed E-state index contributed by atoms with van der Waals surface area (Å²) in [7, 11) is -4.06. The molecule has 9 heteroatoms. The van der Waals surface area contributed by atoms with Crippen molar-refractivity contribution >= 4 is 49.1 Å². The Morgan fingerprint density at radius 3 is 2.15 bits per heavy atom. The maximum atomic E-state index is 13.6. The van der Waals surface area contributed by atoms with Crippen LogP contribution in [-0.2, 0) is 21.2 Å². The fraction of sp³-hybridized carbons (Fsp3) is 0.133. The Hall–Kier alpha value is -3.95. The lowest BCUT2D eigenvalue weighted by molar-refractivity contribution is -0.114. The maximum Gasteiger partial charge on any atom is 0.264 e. The summed E-state index contributed by atoms with van der Waals surface area (Å²) < 4.78 is 29.0. The Bertz CT molecular complexity index is 1540. The molecule has 0 bridgehead atoms. The van der Waals surface area contributed by atoms with E-state index in [1.165, 1.54) is 12.1 Å². The first-order chi connectivity index (χ1) is 18.7. The number of rotatable bonds is 10. The fourth-order valence-corrected chi connectivity index (χ4v) is 5.62. The molecule has 4 aromatic rings. The van der Waals surface area contributed by atoms with Gasteiger partial charge in [-0.15, -0.1) is 0 Å². The van der Waals surface area contributed by atoms with Crippen molar-refractivity contribution in [3.8, 4) is 0 Å². The number of hydrogen-bond acceptors (Lipinski definition) is 4. The van der Waals surface area contributed by atoms with E-state index < -0.39 is 22.5 Å². The molecule has 0 spiro atoms. The first-order valence-electron chi connectivity index (χ1n) is 12.3.